The number of likely N-dealkylation sites (N-methyl/N-ethyl adjacent to an activating group) is 1. The summed E-state index contributed by atoms with van der Waals surface area (Å²) in [6.07, 6.45) is 1.02. The number of nitrogens with one attached hydrogen (secondary N) is 1. The van der Waals surface area contributed by atoms with Crippen LogP contribution in [-0.2, 0) is 6.42 Å². The minimum absolute atomic E-state index is 0.351. The number of thiophene rings is 2. The Morgan fingerprint density at radius 3 is 2.88 bits per heavy atom. The molecule has 0 aliphatic rings. The zero-order valence-electron chi connectivity index (χ0n) is 10.1. The second-order valence-electron chi connectivity index (χ2n) is 3.80. The summed E-state index contributed by atoms with van der Waals surface area (Å²) < 4.78 is 5.40. The smallest absolute Gasteiger partial charge is 0.134 e. The number of hydrogen-bond donors (Lipinski definition) is 1. The summed E-state index contributed by atoms with van der Waals surface area (Å²) in [6.45, 7) is 3.11. The van der Waals surface area contributed by atoms with Crippen molar-refractivity contribution in [2.45, 2.75) is 19.4 Å². The van der Waals surface area contributed by atoms with Crippen LogP contribution >= 0.6 is 22.7 Å². The highest BCUT2D eigenvalue weighted by atomic mass is 32.1. The van der Waals surface area contributed by atoms with Gasteiger partial charge in [0.2, 0.25) is 0 Å². The summed E-state index contributed by atoms with van der Waals surface area (Å²) in [4.78, 5) is 1.29. The first-order valence-corrected chi connectivity index (χ1v) is 7.53. The Labute approximate surface area is 110 Å². The molecular formula is C13H17NOS2. The second kappa shape index (κ2) is 6.19. The van der Waals surface area contributed by atoms with E-state index in [4.69, 9.17) is 4.74 Å². The summed E-state index contributed by atoms with van der Waals surface area (Å²) in [6, 6.07) is 4.58. The van der Waals surface area contributed by atoms with Crippen molar-refractivity contribution in [2.24, 2.45) is 0 Å². The number of methoxy groups -OCH3 is 1. The third-order valence-corrected chi connectivity index (χ3v) is 4.41. The first-order chi connectivity index (χ1) is 8.35. The maximum Gasteiger partial charge on any atom is 0.134 e. The molecule has 2 heterocycles. The molecule has 1 atom stereocenters. The molecule has 1 N–H and O–H groups in total. The van der Waals surface area contributed by atoms with Crippen LogP contribution in [0, 0.1) is 0 Å². The van der Waals surface area contributed by atoms with Gasteiger partial charge in [-0.05, 0) is 46.8 Å². The van der Waals surface area contributed by atoms with E-state index in [0.717, 1.165) is 18.7 Å². The molecule has 17 heavy (non-hydrogen) atoms. The average molecular weight is 267 g/mol. The Bertz CT molecular complexity index is 436. The van der Waals surface area contributed by atoms with Crippen molar-refractivity contribution < 1.29 is 4.74 Å². The maximum atomic E-state index is 5.40. The van der Waals surface area contributed by atoms with Crippen LogP contribution in [0.2, 0.25) is 0 Å². The molecule has 0 amide bonds. The van der Waals surface area contributed by atoms with Gasteiger partial charge in [0.05, 0.1) is 12.0 Å². The Morgan fingerprint density at radius 2 is 2.24 bits per heavy atom. The minimum atomic E-state index is 0.351. The van der Waals surface area contributed by atoms with Crippen LogP contribution in [0.3, 0.4) is 0 Å². The lowest BCUT2D eigenvalue weighted by molar-refractivity contribution is 0.403. The molecule has 2 aromatic rings. The quantitative estimate of drug-likeness (QED) is 0.861. The normalized spacial score (nSPS) is 12.6. The molecule has 0 spiro atoms. The molecule has 0 saturated heterocycles. The Morgan fingerprint density at radius 1 is 1.35 bits per heavy atom. The first-order valence-electron chi connectivity index (χ1n) is 5.71. The highest BCUT2D eigenvalue weighted by Gasteiger charge is 2.17. The molecule has 0 fully saturated rings. The monoisotopic (exact) mass is 267 g/mol. The lowest BCUT2D eigenvalue weighted by Gasteiger charge is -2.17. The largest absolute Gasteiger partial charge is 0.496 e. The van der Waals surface area contributed by atoms with Gasteiger partial charge in [0.1, 0.15) is 5.75 Å². The molecule has 2 aromatic heterocycles. The minimum Gasteiger partial charge on any atom is -0.496 e. The number of rotatable bonds is 6. The SMILES string of the molecule is CCNC(Cc1ccsc1)c1sccc1OC. The zero-order valence-corrected chi connectivity index (χ0v) is 11.7. The van der Waals surface area contributed by atoms with E-state index >= 15 is 0 Å². The third-order valence-electron chi connectivity index (χ3n) is 2.66. The van der Waals surface area contributed by atoms with Gasteiger partial charge in [-0.3, -0.25) is 0 Å². The van der Waals surface area contributed by atoms with Gasteiger partial charge in [0, 0.05) is 6.04 Å². The van der Waals surface area contributed by atoms with Crippen LogP contribution in [-0.4, -0.2) is 13.7 Å². The van der Waals surface area contributed by atoms with E-state index in [1.807, 2.05) is 6.07 Å². The zero-order chi connectivity index (χ0) is 12.1. The topological polar surface area (TPSA) is 21.3 Å². The van der Waals surface area contributed by atoms with Crippen molar-refractivity contribution in [1.82, 2.24) is 5.32 Å². The molecule has 0 radical (unpaired) electrons. The molecule has 0 bridgehead atoms. The lowest BCUT2D eigenvalue weighted by Crippen LogP contribution is -2.22. The summed E-state index contributed by atoms with van der Waals surface area (Å²) in [7, 11) is 1.74. The van der Waals surface area contributed by atoms with Crippen LogP contribution in [0.15, 0.2) is 28.3 Å². The van der Waals surface area contributed by atoms with E-state index in [0.29, 0.717) is 6.04 Å². The Balaban J connectivity index is 2.16. The van der Waals surface area contributed by atoms with Crippen LogP contribution in [0.5, 0.6) is 5.75 Å². The van der Waals surface area contributed by atoms with E-state index in [9.17, 15) is 0 Å². The van der Waals surface area contributed by atoms with Crippen LogP contribution < -0.4 is 10.1 Å². The summed E-state index contributed by atoms with van der Waals surface area (Å²) in [5.41, 5.74) is 1.39. The fourth-order valence-corrected chi connectivity index (χ4v) is 3.50. The van der Waals surface area contributed by atoms with E-state index in [-0.39, 0.29) is 0 Å². The van der Waals surface area contributed by atoms with Gasteiger partial charge in [-0.15, -0.1) is 11.3 Å². The van der Waals surface area contributed by atoms with Gasteiger partial charge in [-0.1, -0.05) is 6.92 Å². The standard InChI is InChI=1S/C13H17NOS2/c1-3-14-11(8-10-4-6-16-9-10)13-12(15-2)5-7-17-13/h4-7,9,11,14H,3,8H2,1-2H3. The summed E-state index contributed by atoms with van der Waals surface area (Å²) in [5, 5.41) is 9.96. The molecule has 4 heteroatoms. The maximum absolute atomic E-state index is 5.40. The molecule has 1 unspecified atom stereocenters. The van der Waals surface area contributed by atoms with E-state index in [1.165, 1.54) is 10.4 Å². The first kappa shape index (κ1) is 12.6. The fraction of sp³-hybridized carbons (Fsp3) is 0.385. The molecule has 2 nitrogen and oxygen atoms in total. The van der Waals surface area contributed by atoms with Gasteiger partial charge < -0.3 is 10.1 Å². The molecule has 92 valence electrons. The van der Waals surface area contributed by atoms with E-state index in [1.54, 1.807) is 29.8 Å². The number of hydrogen-bond acceptors (Lipinski definition) is 4. The van der Waals surface area contributed by atoms with Crippen LogP contribution in [0.1, 0.15) is 23.4 Å². The van der Waals surface area contributed by atoms with Crippen LogP contribution in [0.25, 0.3) is 0 Å². The van der Waals surface area contributed by atoms with Crippen molar-refractivity contribution in [3.05, 3.63) is 38.7 Å². The van der Waals surface area contributed by atoms with Crippen molar-refractivity contribution in [2.75, 3.05) is 13.7 Å². The highest BCUT2D eigenvalue weighted by Crippen LogP contribution is 2.33. The van der Waals surface area contributed by atoms with Gasteiger partial charge in [-0.2, -0.15) is 11.3 Å². The predicted octanol–water partition coefficient (Wildman–Crippen LogP) is 3.71. The van der Waals surface area contributed by atoms with E-state index < -0.39 is 0 Å². The molecule has 0 aliphatic heterocycles. The van der Waals surface area contributed by atoms with Crippen molar-refractivity contribution >= 4 is 22.7 Å². The Kier molecular flexibility index (Phi) is 4.59. The summed E-state index contributed by atoms with van der Waals surface area (Å²) in [5.74, 6) is 0.996. The lowest BCUT2D eigenvalue weighted by atomic mass is 10.1. The van der Waals surface area contributed by atoms with Crippen LogP contribution in [0.4, 0.5) is 0 Å². The Hall–Kier alpha value is -0.840. The third kappa shape index (κ3) is 3.09. The van der Waals surface area contributed by atoms with Crippen molar-refractivity contribution in [1.29, 1.82) is 0 Å². The van der Waals surface area contributed by atoms with Crippen molar-refractivity contribution in [3.63, 3.8) is 0 Å². The molecule has 0 aromatic carbocycles. The fourth-order valence-electron chi connectivity index (χ4n) is 1.88. The van der Waals surface area contributed by atoms with E-state index in [2.05, 4.69) is 34.4 Å². The predicted molar refractivity (Wildman–Crippen MR) is 75.3 cm³/mol. The summed E-state index contributed by atoms with van der Waals surface area (Å²) >= 11 is 3.51. The molecule has 2 rings (SSSR count). The molecular weight excluding hydrogens is 250 g/mol. The molecule has 0 saturated carbocycles. The van der Waals surface area contributed by atoms with Crippen molar-refractivity contribution in [3.8, 4) is 5.75 Å². The number of ether oxygens (including phenoxy) is 1. The second-order valence-corrected chi connectivity index (χ2v) is 5.53. The van der Waals surface area contributed by atoms with Gasteiger partial charge >= 0.3 is 0 Å². The molecule has 0 aliphatic carbocycles. The van der Waals surface area contributed by atoms with Gasteiger partial charge in [0.15, 0.2) is 0 Å². The average Bonchev–Trinajstić information content (AvgIpc) is 2.98. The van der Waals surface area contributed by atoms with Gasteiger partial charge in [0.25, 0.3) is 0 Å². The van der Waals surface area contributed by atoms with Gasteiger partial charge in [-0.25, -0.2) is 0 Å². The highest BCUT2D eigenvalue weighted by molar-refractivity contribution is 7.10.